The lowest BCUT2D eigenvalue weighted by molar-refractivity contribution is -0.305. The van der Waals surface area contributed by atoms with E-state index >= 15 is 0 Å². The van der Waals surface area contributed by atoms with Crippen LogP contribution in [-0.2, 0) is 9.59 Å². The lowest BCUT2D eigenvalue weighted by Crippen LogP contribution is -2.23. The van der Waals surface area contributed by atoms with Crippen LogP contribution in [0.15, 0.2) is 24.3 Å². The minimum atomic E-state index is -1.25. The van der Waals surface area contributed by atoms with Crippen LogP contribution in [0, 0.1) is 6.92 Å². The Balaban J connectivity index is 2.44. The van der Waals surface area contributed by atoms with Crippen LogP contribution in [0.1, 0.15) is 18.4 Å². The van der Waals surface area contributed by atoms with E-state index in [1.807, 2.05) is 6.92 Å². The molecule has 0 saturated heterocycles. The maximum absolute atomic E-state index is 11.1. The third kappa shape index (κ3) is 4.26. The predicted octanol–water partition coefficient (Wildman–Crippen LogP) is 0.431. The van der Waals surface area contributed by atoms with Gasteiger partial charge in [-0.1, -0.05) is 17.7 Å². The number of aryl methyl sites for hydroxylation is 1. The number of carboxylic acids is 1. The first-order chi connectivity index (χ1) is 7.08. The first-order valence-electron chi connectivity index (χ1n) is 4.55. The second-order valence-electron chi connectivity index (χ2n) is 3.16. The molecule has 0 radical (unpaired) electrons. The number of carbonyl (C=O) groups is 2. The molecule has 0 aliphatic rings. The lowest BCUT2D eigenvalue weighted by atomic mass is 10.2. The molecule has 1 aromatic rings. The van der Waals surface area contributed by atoms with Crippen molar-refractivity contribution in [3.8, 4) is 5.75 Å². The van der Waals surface area contributed by atoms with E-state index < -0.39 is 11.9 Å². The first-order valence-corrected chi connectivity index (χ1v) is 4.55. The molecule has 0 amide bonds. The van der Waals surface area contributed by atoms with Gasteiger partial charge < -0.3 is 14.6 Å². The molecule has 80 valence electrons. The highest BCUT2D eigenvalue weighted by Gasteiger charge is 2.04. The largest absolute Gasteiger partial charge is 0.550 e. The Bertz CT molecular complexity index is 353. The molecule has 0 heterocycles. The van der Waals surface area contributed by atoms with Crippen LogP contribution in [-0.4, -0.2) is 11.9 Å². The average molecular weight is 207 g/mol. The first kappa shape index (κ1) is 11.2. The zero-order valence-electron chi connectivity index (χ0n) is 8.36. The minimum absolute atomic E-state index is 0.170. The van der Waals surface area contributed by atoms with Crippen LogP contribution >= 0.6 is 0 Å². The van der Waals surface area contributed by atoms with Crippen LogP contribution in [0.2, 0.25) is 0 Å². The molecule has 1 aromatic carbocycles. The maximum Gasteiger partial charge on any atom is 0.311 e. The number of esters is 1. The van der Waals surface area contributed by atoms with Crippen LogP contribution in [0.25, 0.3) is 0 Å². The highest BCUT2D eigenvalue weighted by molar-refractivity contribution is 5.77. The molecular formula is C11H11O4-. The second kappa shape index (κ2) is 5.14. The molecule has 0 N–H and O–H groups in total. The Kier molecular flexibility index (Phi) is 3.85. The van der Waals surface area contributed by atoms with E-state index in [0.29, 0.717) is 5.75 Å². The molecule has 15 heavy (non-hydrogen) atoms. The summed E-state index contributed by atoms with van der Waals surface area (Å²) in [5.41, 5.74) is 1.06. The highest BCUT2D eigenvalue weighted by Crippen LogP contribution is 2.12. The lowest BCUT2D eigenvalue weighted by Gasteiger charge is -2.04. The molecule has 4 nitrogen and oxygen atoms in total. The van der Waals surface area contributed by atoms with Crippen molar-refractivity contribution in [1.82, 2.24) is 0 Å². The van der Waals surface area contributed by atoms with Gasteiger partial charge in [-0.05, 0) is 25.5 Å². The van der Waals surface area contributed by atoms with Crippen molar-refractivity contribution in [1.29, 1.82) is 0 Å². The van der Waals surface area contributed by atoms with Crippen LogP contribution in [0.4, 0.5) is 0 Å². The summed E-state index contributed by atoms with van der Waals surface area (Å²) in [7, 11) is 0. The Morgan fingerprint density at radius 1 is 1.20 bits per heavy atom. The number of hydrogen-bond donors (Lipinski definition) is 0. The van der Waals surface area contributed by atoms with Gasteiger partial charge in [0.1, 0.15) is 5.75 Å². The van der Waals surface area contributed by atoms with Gasteiger partial charge in [0.2, 0.25) is 0 Å². The molecule has 4 heteroatoms. The van der Waals surface area contributed by atoms with Gasteiger partial charge in [0.25, 0.3) is 0 Å². The van der Waals surface area contributed by atoms with Gasteiger partial charge in [-0.2, -0.15) is 0 Å². The SMILES string of the molecule is Cc1ccc(OC(=O)CCC(=O)[O-])cc1. The molecule has 0 aromatic heterocycles. The van der Waals surface area contributed by atoms with E-state index in [-0.39, 0.29) is 12.8 Å². The number of benzene rings is 1. The Morgan fingerprint density at radius 2 is 1.80 bits per heavy atom. The van der Waals surface area contributed by atoms with Crippen LogP contribution < -0.4 is 9.84 Å². The van der Waals surface area contributed by atoms with Crippen molar-refractivity contribution in [3.63, 3.8) is 0 Å². The number of rotatable bonds is 4. The van der Waals surface area contributed by atoms with Crippen molar-refractivity contribution in [2.75, 3.05) is 0 Å². The standard InChI is InChI=1S/C11H12O4/c1-8-2-4-9(5-3-8)15-11(14)7-6-10(12)13/h2-5H,6-7H2,1H3,(H,12,13)/p-1. The average Bonchev–Trinajstić information content (AvgIpc) is 2.19. The van der Waals surface area contributed by atoms with E-state index in [0.717, 1.165) is 5.56 Å². The molecule has 1 rings (SSSR count). The van der Waals surface area contributed by atoms with Crippen molar-refractivity contribution in [2.45, 2.75) is 19.8 Å². The molecule has 0 saturated carbocycles. The molecule has 0 aliphatic heterocycles. The van der Waals surface area contributed by atoms with Gasteiger partial charge in [0, 0.05) is 5.97 Å². The zero-order chi connectivity index (χ0) is 11.3. The van der Waals surface area contributed by atoms with Gasteiger partial charge >= 0.3 is 5.97 Å². The molecule has 0 spiro atoms. The summed E-state index contributed by atoms with van der Waals surface area (Å²) >= 11 is 0. The monoisotopic (exact) mass is 207 g/mol. The molecule has 0 unspecified atom stereocenters. The van der Waals surface area contributed by atoms with E-state index in [1.165, 1.54) is 0 Å². The van der Waals surface area contributed by atoms with E-state index in [4.69, 9.17) is 4.74 Å². The van der Waals surface area contributed by atoms with Gasteiger partial charge in [-0.3, -0.25) is 4.79 Å². The topological polar surface area (TPSA) is 66.4 Å². The maximum atomic E-state index is 11.1. The predicted molar refractivity (Wildman–Crippen MR) is 51.1 cm³/mol. The third-order valence-corrected chi connectivity index (χ3v) is 1.79. The quantitative estimate of drug-likeness (QED) is 0.530. The van der Waals surface area contributed by atoms with E-state index in [2.05, 4.69) is 0 Å². The molecule has 0 aliphatic carbocycles. The molecular weight excluding hydrogens is 196 g/mol. The van der Waals surface area contributed by atoms with Crippen molar-refractivity contribution in [3.05, 3.63) is 29.8 Å². The number of hydrogen-bond acceptors (Lipinski definition) is 4. The summed E-state index contributed by atoms with van der Waals surface area (Å²) < 4.78 is 4.89. The fraction of sp³-hybridized carbons (Fsp3) is 0.273. The van der Waals surface area contributed by atoms with Crippen LogP contribution in [0.3, 0.4) is 0 Å². The third-order valence-electron chi connectivity index (χ3n) is 1.79. The number of aliphatic carboxylic acids is 1. The summed E-state index contributed by atoms with van der Waals surface area (Å²) in [6.07, 6.45) is -0.485. The minimum Gasteiger partial charge on any atom is -0.550 e. The normalized spacial score (nSPS) is 9.67. The fourth-order valence-electron chi connectivity index (χ4n) is 0.993. The number of ether oxygens (including phenoxy) is 1. The number of carbonyl (C=O) groups excluding carboxylic acids is 2. The molecule has 0 bridgehead atoms. The van der Waals surface area contributed by atoms with Crippen molar-refractivity contribution in [2.24, 2.45) is 0 Å². The van der Waals surface area contributed by atoms with E-state index in [1.54, 1.807) is 24.3 Å². The Morgan fingerprint density at radius 3 is 2.33 bits per heavy atom. The van der Waals surface area contributed by atoms with Gasteiger partial charge in [0.05, 0.1) is 6.42 Å². The van der Waals surface area contributed by atoms with E-state index in [9.17, 15) is 14.7 Å². The smallest absolute Gasteiger partial charge is 0.311 e. The summed E-state index contributed by atoms with van der Waals surface area (Å²) in [5.74, 6) is -1.40. The van der Waals surface area contributed by atoms with Crippen molar-refractivity contribution < 1.29 is 19.4 Å². The Labute approximate surface area is 87.5 Å². The summed E-state index contributed by atoms with van der Waals surface area (Å²) in [6.45, 7) is 1.92. The summed E-state index contributed by atoms with van der Waals surface area (Å²) in [6, 6.07) is 6.93. The Hall–Kier alpha value is -1.84. The zero-order valence-corrected chi connectivity index (χ0v) is 8.36. The molecule has 0 fully saturated rings. The molecule has 0 atom stereocenters. The van der Waals surface area contributed by atoms with Gasteiger partial charge in [-0.25, -0.2) is 0 Å². The van der Waals surface area contributed by atoms with Crippen molar-refractivity contribution >= 4 is 11.9 Å². The number of carboxylic acid groups (broad SMARTS) is 1. The van der Waals surface area contributed by atoms with Gasteiger partial charge in [-0.15, -0.1) is 0 Å². The second-order valence-corrected chi connectivity index (χ2v) is 3.16. The summed E-state index contributed by atoms with van der Waals surface area (Å²) in [5, 5.41) is 10.1. The fourth-order valence-corrected chi connectivity index (χ4v) is 0.993. The summed E-state index contributed by atoms with van der Waals surface area (Å²) in [4.78, 5) is 21.2. The van der Waals surface area contributed by atoms with Gasteiger partial charge in [0.15, 0.2) is 0 Å². The van der Waals surface area contributed by atoms with Crippen LogP contribution in [0.5, 0.6) is 5.75 Å². The highest BCUT2D eigenvalue weighted by atomic mass is 16.5.